The maximum atomic E-state index is 13.4. The number of fused-ring (bicyclic) bond motifs is 1. The first-order valence-electron chi connectivity index (χ1n) is 8.24. The molecule has 0 bridgehead atoms. The lowest BCUT2D eigenvalue weighted by molar-refractivity contribution is -0.128. The fourth-order valence-electron chi connectivity index (χ4n) is 3.40. The molecule has 25 heavy (non-hydrogen) atoms. The minimum absolute atomic E-state index is 0.0167. The third-order valence-corrected chi connectivity index (χ3v) is 5.65. The highest BCUT2D eigenvalue weighted by molar-refractivity contribution is 7.99. The van der Waals surface area contributed by atoms with E-state index in [9.17, 15) is 9.18 Å². The molecule has 1 unspecified atom stereocenters. The van der Waals surface area contributed by atoms with E-state index in [-0.39, 0.29) is 17.8 Å². The fourth-order valence-corrected chi connectivity index (χ4v) is 4.17. The van der Waals surface area contributed by atoms with Gasteiger partial charge in [0.2, 0.25) is 5.91 Å². The van der Waals surface area contributed by atoms with Gasteiger partial charge in [0.25, 0.3) is 0 Å². The molecule has 1 aromatic heterocycles. The smallest absolute Gasteiger partial charge is 0.233 e. The van der Waals surface area contributed by atoms with Crippen LogP contribution in [0.2, 0.25) is 0 Å². The third kappa shape index (κ3) is 3.18. The summed E-state index contributed by atoms with van der Waals surface area (Å²) >= 11 is 1.39. The van der Waals surface area contributed by atoms with Crippen LogP contribution in [-0.2, 0) is 18.3 Å². The second-order valence-corrected chi connectivity index (χ2v) is 7.25. The lowest BCUT2D eigenvalue weighted by Crippen LogP contribution is -2.41. The van der Waals surface area contributed by atoms with Gasteiger partial charge in [-0.25, -0.2) is 4.39 Å². The van der Waals surface area contributed by atoms with E-state index in [0.29, 0.717) is 17.9 Å². The molecule has 130 valence electrons. The number of nitrogens with zero attached hydrogens (tertiary/aromatic N) is 5. The highest BCUT2D eigenvalue weighted by Crippen LogP contribution is 2.32. The number of rotatable bonds is 4. The van der Waals surface area contributed by atoms with E-state index in [1.807, 2.05) is 11.9 Å². The minimum Gasteiger partial charge on any atom is -0.334 e. The third-order valence-electron chi connectivity index (χ3n) is 4.64. The molecule has 8 heteroatoms. The van der Waals surface area contributed by atoms with E-state index in [1.165, 1.54) is 23.9 Å². The summed E-state index contributed by atoms with van der Waals surface area (Å²) in [7, 11) is 1.86. The zero-order valence-electron chi connectivity index (χ0n) is 13.9. The zero-order valence-corrected chi connectivity index (χ0v) is 14.7. The van der Waals surface area contributed by atoms with Crippen molar-refractivity contribution in [1.82, 2.24) is 19.7 Å². The number of hydrogen-bond donors (Lipinski definition) is 0. The maximum Gasteiger partial charge on any atom is 0.233 e. The van der Waals surface area contributed by atoms with Gasteiger partial charge in [0.1, 0.15) is 12.1 Å². The first kappa shape index (κ1) is 16.3. The molecule has 6 nitrogen and oxygen atoms in total. The van der Waals surface area contributed by atoms with Crippen LogP contribution >= 0.6 is 11.8 Å². The lowest BCUT2D eigenvalue weighted by atomic mass is 10.0. The van der Waals surface area contributed by atoms with Crippen LogP contribution < -0.4 is 0 Å². The lowest BCUT2D eigenvalue weighted by Gasteiger charge is -2.24. The van der Waals surface area contributed by atoms with Crippen LogP contribution in [0.25, 0.3) is 0 Å². The Kier molecular flexibility index (Phi) is 4.29. The summed E-state index contributed by atoms with van der Waals surface area (Å²) in [4.78, 5) is 19.2. The number of likely N-dealkylation sites (tertiary alicyclic amines) is 1. The molecule has 1 amide bonds. The van der Waals surface area contributed by atoms with Crippen molar-refractivity contribution in [2.75, 3.05) is 12.3 Å². The van der Waals surface area contributed by atoms with Crippen molar-refractivity contribution in [2.24, 2.45) is 12.0 Å². The average Bonchev–Trinajstić information content (AvgIpc) is 3.30. The summed E-state index contributed by atoms with van der Waals surface area (Å²) in [5.74, 6) is 0.140. The predicted molar refractivity (Wildman–Crippen MR) is 93.7 cm³/mol. The van der Waals surface area contributed by atoms with Gasteiger partial charge in [0.05, 0.1) is 17.5 Å². The van der Waals surface area contributed by atoms with Gasteiger partial charge >= 0.3 is 0 Å². The first-order valence-corrected chi connectivity index (χ1v) is 9.22. The molecule has 3 heterocycles. The number of carbonyl (C=O) groups excluding carboxylic acids is 1. The van der Waals surface area contributed by atoms with Crippen LogP contribution in [0.4, 0.5) is 10.1 Å². The summed E-state index contributed by atoms with van der Waals surface area (Å²) in [6.07, 6.45) is 4.19. The first-order chi connectivity index (χ1) is 12.1. The molecule has 1 fully saturated rings. The molecular weight excluding hydrogens is 341 g/mol. The number of hydrogen-bond acceptors (Lipinski definition) is 5. The van der Waals surface area contributed by atoms with Crippen LogP contribution in [0.15, 0.2) is 34.7 Å². The van der Waals surface area contributed by atoms with E-state index in [2.05, 4.69) is 15.2 Å². The molecule has 1 atom stereocenters. The van der Waals surface area contributed by atoms with Crippen LogP contribution in [-0.4, -0.2) is 49.6 Å². The largest absolute Gasteiger partial charge is 0.334 e. The van der Waals surface area contributed by atoms with Gasteiger partial charge in [0, 0.05) is 25.7 Å². The molecular formula is C17H18FN5OS. The minimum atomic E-state index is -0.275. The van der Waals surface area contributed by atoms with E-state index >= 15 is 0 Å². The van der Waals surface area contributed by atoms with Crippen LogP contribution in [0, 0.1) is 5.82 Å². The monoisotopic (exact) mass is 359 g/mol. The Balaban J connectivity index is 1.45. The van der Waals surface area contributed by atoms with Gasteiger partial charge in [-0.2, -0.15) is 0 Å². The topological polar surface area (TPSA) is 63.4 Å². The van der Waals surface area contributed by atoms with Crippen molar-refractivity contribution < 1.29 is 9.18 Å². The Morgan fingerprint density at radius 2 is 2.32 bits per heavy atom. The maximum absolute atomic E-state index is 13.4. The van der Waals surface area contributed by atoms with Crippen molar-refractivity contribution in [1.29, 1.82) is 0 Å². The molecule has 0 aliphatic carbocycles. The van der Waals surface area contributed by atoms with E-state index in [1.54, 1.807) is 17.0 Å². The van der Waals surface area contributed by atoms with Crippen molar-refractivity contribution in [3.8, 4) is 0 Å². The zero-order chi connectivity index (χ0) is 17.4. The van der Waals surface area contributed by atoms with Gasteiger partial charge in [0.15, 0.2) is 5.16 Å². The molecule has 1 saturated heterocycles. The van der Waals surface area contributed by atoms with Gasteiger partial charge < -0.3 is 9.47 Å². The van der Waals surface area contributed by atoms with E-state index in [4.69, 9.17) is 0 Å². The van der Waals surface area contributed by atoms with Gasteiger partial charge in [-0.3, -0.25) is 9.79 Å². The molecule has 2 aromatic rings. The Labute approximate surface area is 149 Å². The average molecular weight is 359 g/mol. The van der Waals surface area contributed by atoms with Crippen molar-refractivity contribution in [3.05, 3.63) is 35.9 Å². The summed E-state index contributed by atoms with van der Waals surface area (Å²) in [5, 5.41) is 8.54. The molecule has 1 aromatic carbocycles. The number of thioether (sulfide) groups is 1. The number of benzene rings is 1. The molecule has 0 radical (unpaired) electrons. The Hall–Kier alpha value is -2.22. The van der Waals surface area contributed by atoms with Crippen molar-refractivity contribution in [3.63, 3.8) is 0 Å². The standard InChI is InChI=1S/C17H18FN5OS/c1-22-10-19-21-17(22)25-9-16(24)23-6-2-3-15(23)14-7-11-4-5-12(18)8-13(11)20-14/h4-5,8,10,15H,2-3,6-7,9H2,1H3. The van der Waals surface area contributed by atoms with E-state index < -0.39 is 0 Å². The number of aromatic nitrogens is 3. The van der Waals surface area contributed by atoms with Crippen LogP contribution in [0.3, 0.4) is 0 Å². The summed E-state index contributed by atoms with van der Waals surface area (Å²) in [6.45, 7) is 0.743. The fraction of sp³-hybridized carbons (Fsp3) is 0.412. The molecule has 2 aliphatic rings. The molecule has 0 N–H and O–H groups in total. The van der Waals surface area contributed by atoms with Crippen molar-refractivity contribution in [2.45, 2.75) is 30.5 Å². The number of amides is 1. The number of aryl methyl sites for hydroxylation is 1. The summed E-state index contributed by atoms with van der Waals surface area (Å²) in [6, 6.07) is 4.73. The van der Waals surface area contributed by atoms with Crippen LogP contribution in [0.1, 0.15) is 18.4 Å². The Morgan fingerprint density at radius 1 is 1.44 bits per heavy atom. The van der Waals surface area contributed by atoms with Gasteiger partial charge in [-0.05, 0) is 30.5 Å². The normalized spacial score (nSPS) is 19.2. The number of aliphatic imine (C=N–C) groups is 1. The van der Waals surface area contributed by atoms with E-state index in [0.717, 1.165) is 35.8 Å². The number of carbonyl (C=O) groups is 1. The summed E-state index contributed by atoms with van der Waals surface area (Å²) < 4.78 is 15.2. The Bertz CT molecular complexity index is 849. The highest BCUT2D eigenvalue weighted by Gasteiger charge is 2.34. The summed E-state index contributed by atoms with van der Waals surface area (Å²) in [5.41, 5.74) is 2.70. The molecule has 2 aliphatic heterocycles. The highest BCUT2D eigenvalue weighted by atomic mass is 32.2. The predicted octanol–water partition coefficient (Wildman–Crippen LogP) is 2.37. The molecule has 0 spiro atoms. The van der Waals surface area contributed by atoms with Crippen molar-refractivity contribution >= 4 is 29.1 Å². The second kappa shape index (κ2) is 6.59. The van der Waals surface area contributed by atoms with Gasteiger partial charge in [-0.15, -0.1) is 10.2 Å². The van der Waals surface area contributed by atoms with Gasteiger partial charge in [-0.1, -0.05) is 17.8 Å². The molecule has 0 saturated carbocycles. The molecule has 4 rings (SSSR count). The second-order valence-electron chi connectivity index (χ2n) is 6.31. The number of halogens is 1. The Morgan fingerprint density at radius 3 is 3.12 bits per heavy atom. The SMILES string of the molecule is Cn1cnnc1SCC(=O)N1CCCC1C1=Nc2cc(F)ccc2C1. The quantitative estimate of drug-likeness (QED) is 0.786. The van der Waals surface area contributed by atoms with Crippen LogP contribution in [0.5, 0.6) is 0 Å².